The van der Waals surface area contributed by atoms with Crippen molar-refractivity contribution in [2.24, 2.45) is 0 Å². The highest BCUT2D eigenvalue weighted by atomic mass is 19.2. The van der Waals surface area contributed by atoms with Gasteiger partial charge in [-0.05, 0) is 25.7 Å². The van der Waals surface area contributed by atoms with Gasteiger partial charge < -0.3 is 0 Å². The predicted octanol–water partition coefficient (Wildman–Crippen LogP) is 3.35. The fraction of sp³-hybridized carbons (Fsp3) is 0.462. The predicted molar refractivity (Wildman–Crippen MR) is 55.2 cm³/mol. The molecule has 1 fully saturated rings. The minimum Gasteiger partial charge on any atom is -0.299 e. The molecule has 2 unspecified atom stereocenters. The van der Waals surface area contributed by atoms with Gasteiger partial charge in [0.2, 0.25) is 0 Å². The Bertz CT molecular complexity index is 581. The third-order valence-electron chi connectivity index (χ3n) is 4.25. The first-order valence-corrected chi connectivity index (χ1v) is 5.77. The van der Waals surface area contributed by atoms with Crippen LogP contribution in [0.1, 0.15) is 43.2 Å². The van der Waals surface area contributed by atoms with Crippen molar-refractivity contribution >= 4 is 5.78 Å². The van der Waals surface area contributed by atoms with Crippen LogP contribution < -0.4 is 0 Å². The van der Waals surface area contributed by atoms with Gasteiger partial charge in [-0.3, -0.25) is 4.79 Å². The first-order chi connectivity index (χ1) is 8.38. The van der Waals surface area contributed by atoms with Crippen LogP contribution in [0.4, 0.5) is 17.6 Å². The van der Waals surface area contributed by atoms with E-state index in [1.165, 1.54) is 6.92 Å². The summed E-state index contributed by atoms with van der Waals surface area (Å²) in [4.78, 5) is 11.9. The number of rotatable bonds is 0. The molecule has 18 heavy (non-hydrogen) atoms. The van der Waals surface area contributed by atoms with Gasteiger partial charge in [-0.1, -0.05) is 0 Å². The van der Waals surface area contributed by atoms with E-state index in [9.17, 15) is 22.4 Å². The van der Waals surface area contributed by atoms with E-state index in [1.807, 2.05) is 0 Å². The summed E-state index contributed by atoms with van der Waals surface area (Å²) in [5.74, 6) is -6.99. The summed E-state index contributed by atoms with van der Waals surface area (Å²) in [6, 6.07) is 0. The van der Waals surface area contributed by atoms with Crippen LogP contribution in [0.2, 0.25) is 0 Å². The van der Waals surface area contributed by atoms with Crippen molar-refractivity contribution in [2.45, 2.75) is 37.5 Å². The average molecular weight is 258 g/mol. The molecular weight excluding hydrogens is 248 g/mol. The normalized spacial score (nSPS) is 29.6. The number of carbonyl (C=O) groups excluding carboxylic acids is 1. The van der Waals surface area contributed by atoms with Gasteiger partial charge in [-0.2, -0.15) is 0 Å². The topological polar surface area (TPSA) is 17.1 Å². The lowest BCUT2D eigenvalue weighted by Crippen LogP contribution is -2.33. The SMILES string of the molecule is CC12CC(CCC1=O)c1c(F)c(F)c(F)c(F)c12. The van der Waals surface area contributed by atoms with E-state index in [4.69, 9.17) is 0 Å². The summed E-state index contributed by atoms with van der Waals surface area (Å²) < 4.78 is 54.2. The van der Waals surface area contributed by atoms with E-state index in [1.54, 1.807) is 0 Å². The number of ketones is 1. The van der Waals surface area contributed by atoms with Gasteiger partial charge in [-0.25, -0.2) is 17.6 Å². The molecule has 3 rings (SSSR count). The number of halogens is 4. The van der Waals surface area contributed by atoms with E-state index >= 15 is 0 Å². The first-order valence-electron chi connectivity index (χ1n) is 5.77. The molecule has 2 atom stereocenters. The van der Waals surface area contributed by atoms with Gasteiger partial charge in [0.15, 0.2) is 23.3 Å². The largest absolute Gasteiger partial charge is 0.299 e. The van der Waals surface area contributed by atoms with E-state index < -0.39 is 34.6 Å². The maximum Gasteiger partial charge on any atom is 0.197 e. The fourth-order valence-electron chi connectivity index (χ4n) is 3.35. The van der Waals surface area contributed by atoms with Crippen LogP contribution >= 0.6 is 0 Å². The molecule has 0 N–H and O–H groups in total. The Morgan fingerprint density at radius 3 is 2.33 bits per heavy atom. The molecule has 1 saturated carbocycles. The molecule has 0 spiro atoms. The minimum atomic E-state index is -1.83. The molecule has 1 nitrogen and oxygen atoms in total. The molecule has 0 radical (unpaired) electrons. The number of carbonyl (C=O) groups is 1. The second-order valence-electron chi connectivity index (χ2n) is 5.24. The first kappa shape index (κ1) is 11.7. The molecule has 0 saturated heterocycles. The zero-order valence-electron chi connectivity index (χ0n) is 9.62. The van der Waals surface area contributed by atoms with Crippen molar-refractivity contribution < 1.29 is 22.4 Å². The Kier molecular flexibility index (Phi) is 2.17. The van der Waals surface area contributed by atoms with Crippen molar-refractivity contribution in [1.29, 1.82) is 0 Å². The molecule has 2 aliphatic carbocycles. The molecule has 0 heterocycles. The van der Waals surface area contributed by atoms with E-state index in [-0.39, 0.29) is 29.8 Å². The van der Waals surface area contributed by atoms with Crippen LogP contribution in [0.25, 0.3) is 0 Å². The van der Waals surface area contributed by atoms with E-state index in [0.29, 0.717) is 6.42 Å². The van der Waals surface area contributed by atoms with Crippen LogP contribution in [0, 0.1) is 23.3 Å². The van der Waals surface area contributed by atoms with Gasteiger partial charge in [0.1, 0.15) is 5.78 Å². The Morgan fingerprint density at radius 2 is 1.67 bits per heavy atom. The van der Waals surface area contributed by atoms with Crippen LogP contribution in [-0.2, 0) is 10.2 Å². The second-order valence-corrected chi connectivity index (χ2v) is 5.24. The lowest BCUT2D eigenvalue weighted by atomic mass is 9.73. The smallest absolute Gasteiger partial charge is 0.197 e. The molecule has 1 aromatic carbocycles. The van der Waals surface area contributed by atoms with Gasteiger partial charge >= 0.3 is 0 Å². The molecule has 5 heteroatoms. The van der Waals surface area contributed by atoms with E-state index in [2.05, 4.69) is 0 Å². The maximum absolute atomic E-state index is 13.9. The standard InChI is InChI=1S/C13H10F4O/c1-13-4-5(2-3-6(13)18)7-8(13)10(15)12(17)11(16)9(7)14/h5H,2-4H2,1H3. The molecule has 0 amide bonds. The monoisotopic (exact) mass is 258 g/mol. The van der Waals surface area contributed by atoms with Crippen LogP contribution in [0.5, 0.6) is 0 Å². The van der Waals surface area contributed by atoms with Crippen molar-refractivity contribution in [3.05, 3.63) is 34.4 Å². The lowest BCUT2D eigenvalue weighted by Gasteiger charge is -2.28. The van der Waals surface area contributed by atoms with Crippen LogP contribution in [0.15, 0.2) is 0 Å². The zero-order valence-corrected chi connectivity index (χ0v) is 9.62. The Hall–Kier alpha value is -1.39. The summed E-state index contributed by atoms with van der Waals surface area (Å²) >= 11 is 0. The molecule has 2 bridgehead atoms. The van der Waals surface area contributed by atoms with Crippen LogP contribution in [-0.4, -0.2) is 5.78 Å². The quantitative estimate of drug-likeness (QED) is 0.396. The molecular formula is C13H10F4O. The maximum atomic E-state index is 13.9. The third-order valence-corrected chi connectivity index (χ3v) is 4.25. The summed E-state index contributed by atoms with van der Waals surface area (Å²) in [6.07, 6.45) is 0.790. The summed E-state index contributed by atoms with van der Waals surface area (Å²) in [5.41, 5.74) is -1.62. The molecule has 0 aliphatic heterocycles. The van der Waals surface area contributed by atoms with Crippen LogP contribution in [0.3, 0.4) is 0 Å². The highest BCUT2D eigenvalue weighted by Crippen LogP contribution is 2.54. The minimum absolute atomic E-state index is 0.139. The molecule has 0 aromatic heterocycles. The molecule has 2 aliphatic rings. The summed E-state index contributed by atoms with van der Waals surface area (Å²) in [7, 11) is 0. The van der Waals surface area contributed by atoms with Crippen molar-refractivity contribution in [2.75, 3.05) is 0 Å². The molecule has 1 aromatic rings. The summed E-state index contributed by atoms with van der Waals surface area (Å²) in [5, 5.41) is 0. The number of fused-ring (bicyclic) bond motifs is 5. The number of hydrogen-bond donors (Lipinski definition) is 0. The van der Waals surface area contributed by atoms with Gasteiger partial charge in [0.25, 0.3) is 0 Å². The third kappa shape index (κ3) is 1.15. The van der Waals surface area contributed by atoms with Gasteiger partial charge in [0.05, 0.1) is 5.41 Å². The Balaban J connectivity index is 2.41. The second kappa shape index (κ2) is 3.33. The average Bonchev–Trinajstić information content (AvgIpc) is 2.59. The Morgan fingerprint density at radius 1 is 1.06 bits per heavy atom. The van der Waals surface area contributed by atoms with Crippen molar-refractivity contribution in [3.63, 3.8) is 0 Å². The highest BCUT2D eigenvalue weighted by Gasteiger charge is 2.53. The number of Topliss-reactive ketones (excluding diaryl/α,β-unsaturated/α-hetero) is 1. The number of benzene rings is 1. The fourth-order valence-corrected chi connectivity index (χ4v) is 3.35. The summed E-state index contributed by atoms with van der Waals surface area (Å²) in [6.45, 7) is 1.48. The van der Waals surface area contributed by atoms with Gasteiger partial charge in [0, 0.05) is 17.5 Å². The van der Waals surface area contributed by atoms with Crippen molar-refractivity contribution in [3.8, 4) is 0 Å². The van der Waals surface area contributed by atoms with Gasteiger partial charge in [-0.15, -0.1) is 0 Å². The molecule has 96 valence electrons. The lowest BCUT2D eigenvalue weighted by molar-refractivity contribution is -0.125. The van der Waals surface area contributed by atoms with E-state index in [0.717, 1.165) is 0 Å². The number of hydrogen-bond acceptors (Lipinski definition) is 1. The Labute approximate surface area is 101 Å². The zero-order chi connectivity index (χ0) is 13.2. The van der Waals surface area contributed by atoms with Crippen molar-refractivity contribution in [1.82, 2.24) is 0 Å². The highest BCUT2D eigenvalue weighted by molar-refractivity contribution is 5.92.